The maximum Gasteiger partial charge on any atom is 0.160 e. The predicted octanol–water partition coefficient (Wildman–Crippen LogP) is 8.84. The molecule has 0 bridgehead atoms. The van der Waals surface area contributed by atoms with Gasteiger partial charge in [0.25, 0.3) is 0 Å². The van der Waals surface area contributed by atoms with Crippen molar-refractivity contribution in [1.29, 1.82) is 5.26 Å². The smallest absolute Gasteiger partial charge is 0.160 e. The van der Waals surface area contributed by atoms with Crippen molar-refractivity contribution in [3.05, 3.63) is 138 Å². The molecule has 0 radical (unpaired) electrons. The first kappa shape index (κ1) is 24.4. The standard InChI is InChI=1S/C34H21BrN4/c35-31-19-29(26-14-16-37-17-15-26)18-30(20-31)33-21-32(38-34(39-33)28-8-6-23(22-36)7-9-28)27-12-10-25(11-13-27)24-4-2-1-3-5-24/h1-21H. The largest absolute Gasteiger partial charge is 0.265 e. The highest BCUT2D eigenvalue weighted by molar-refractivity contribution is 9.10. The fourth-order valence-corrected chi connectivity index (χ4v) is 4.97. The highest BCUT2D eigenvalue weighted by Crippen LogP contribution is 2.33. The molecule has 0 aliphatic heterocycles. The number of nitrogens with zero attached hydrogens (tertiary/aromatic N) is 4. The number of pyridine rings is 1. The average molecular weight is 565 g/mol. The van der Waals surface area contributed by atoms with Crippen LogP contribution in [0.3, 0.4) is 0 Å². The van der Waals surface area contributed by atoms with E-state index < -0.39 is 0 Å². The van der Waals surface area contributed by atoms with Crippen LogP contribution in [-0.2, 0) is 0 Å². The minimum Gasteiger partial charge on any atom is -0.265 e. The number of nitriles is 1. The summed E-state index contributed by atoms with van der Waals surface area (Å²) in [5, 5.41) is 9.25. The van der Waals surface area contributed by atoms with Gasteiger partial charge in [0, 0.05) is 33.6 Å². The van der Waals surface area contributed by atoms with Gasteiger partial charge in [-0.2, -0.15) is 5.26 Å². The first-order valence-corrected chi connectivity index (χ1v) is 13.2. The second-order valence-corrected chi connectivity index (χ2v) is 9.97. The molecule has 0 saturated heterocycles. The third-order valence-electron chi connectivity index (χ3n) is 6.49. The normalized spacial score (nSPS) is 10.7. The van der Waals surface area contributed by atoms with Gasteiger partial charge in [0.05, 0.1) is 23.0 Å². The van der Waals surface area contributed by atoms with Crippen molar-refractivity contribution in [2.24, 2.45) is 0 Å². The molecule has 4 nitrogen and oxygen atoms in total. The highest BCUT2D eigenvalue weighted by atomic mass is 79.9. The Hall–Kier alpha value is -4.92. The fraction of sp³-hybridized carbons (Fsp3) is 0. The van der Waals surface area contributed by atoms with Gasteiger partial charge in [-0.25, -0.2) is 9.97 Å². The van der Waals surface area contributed by atoms with Crippen molar-refractivity contribution in [2.45, 2.75) is 0 Å². The van der Waals surface area contributed by atoms with Crippen LogP contribution in [0.25, 0.3) is 56.2 Å². The van der Waals surface area contributed by atoms with Gasteiger partial charge < -0.3 is 0 Å². The number of aromatic nitrogens is 3. The van der Waals surface area contributed by atoms with Gasteiger partial charge in [-0.05, 0) is 82.9 Å². The molecule has 6 rings (SSSR count). The lowest BCUT2D eigenvalue weighted by atomic mass is 10.00. The van der Waals surface area contributed by atoms with Crippen LogP contribution in [0.15, 0.2) is 132 Å². The molecule has 0 N–H and O–H groups in total. The molecule has 0 aliphatic rings. The second kappa shape index (κ2) is 10.8. The molecule has 6 aromatic rings. The van der Waals surface area contributed by atoms with E-state index in [4.69, 9.17) is 9.97 Å². The van der Waals surface area contributed by atoms with E-state index in [1.807, 2.05) is 48.5 Å². The number of rotatable bonds is 5. The lowest BCUT2D eigenvalue weighted by Gasteiger charge is -2.12. The summed E-state index contributed by atoms with van der Waals surface area (Å²) in [7, 11) is 0. The van der Waals surface area contributed by atoms with E-state index in [0.717, 1.165) is 49.2 Å². The minimum atomic E-state index is 0.598. The molecule has 0 atom stereocenters. The lowest BCUT2D eigenvalue weighted by Crippen LogP contribution is -1.96. The Kier molecular flexibility index (Phi) is 6.78. The fourth-order valence-electron chi connectivity index (χ4n) is 4.48. The molecule has 0 aliphatic carbocycles. The van der Waals surface area contributed by atoms with Gasteiger partial charge in [0.1, 0.15) is 0 Å². The number of halogens is 1. The lowest BCUT2D eigenvalue weighted by molar-refractivity contribution is 1.18. The van der Waals surface area contributed by atoms with E-state index in [1.54, 1.807) is 24.5 Å². The van der Waals surface area contributed by atoms with Crippen LogP contribution in [0.5, 0.6) is 0 Å². The summed E-state index contributed by atoms with van der Waals surface area (Å²) in [5.74, 6) is 0.601. The summed E-state index contributed by atoms with van der Waals surface area (Å²) in [6.45, 7) is 0. The summed E-state index contributed by atoms with van der Waals surface area (Å²) in [4.78, 5) is 14.1. The summed E-state index contributed by atoms with van der Waals surface area (Å²) in [5.41, 5.74) is 9.50. The Labute approximate surface area is 235 Å². The first-order valence-electron chi connectivity index (χ1n) is 12.4. The van der Waals surface area contributed by atoms with Crippen LogP contribution < -0.4 is 0 Å². The summed E-state index contributed by atoms with van der Waals surface area (Å²) < 4.78 is 0.958. The van der Waals surface area contributed by atoms with Crippen molar-refractivity contribution in [1.82, 2.24) is 15.0 Å². The maximum atomic E-state index is 9.25. The topological polar surface area (TPSA) is 62.5 Å². The van der Waals surface area contributed by atoms with E-state index in [9.17, 15) is 5.26 Å². The molecule has 5 heteroatoms. The minimum absolute atomic E-state index is 0.598. The van der Waals surface area contributed by atoms with Crippen LogP contribution >= 0.6 is 15.9 Å². The molecule has 39 heavy (non-hydrogen) atoms. The number of hydrogen-bond donors (Lipinski definition) is 0. The molecule has 0 fully saturated rings. The Balaban J connectivity index is 1.48. The average Bonchev–Trinajstić information content (AvgIpc) is 3.01. The first-order chi connectivity index (χ1) is 19.2. The maximum absolute atomic E-state index is 9.25. The van der Waals surface area contributed by atoms with Crippen LogP contribution in [0.4, 0.5) is 0 Å². The monoisotopic (exact) mass is 564 g/mol. The summed E-state index contributed by atoms with van der Waals surface area (Å²) in [6, 6.07) is 40.6. The zero-order chi connectivity index (χ0) is 26.6. The zero-order valence-electron chi connectivity index (χ0n) is 20.8. The van der Waals surface area contributed by atoms with Gasteiger partial charge in [0.2, 0.25) is 0 Å². The van der Waals surface area contributed by atoms with Crippen molar-refractivity contribution < 1.29 is 0 Å². The molecule has 0 unspecified atom stereocenters. The van der Waals surface area contributed by atoms with E-state index in [2.05, 4.69) is 81.6 Å². The molecule has 0 spiro atoms. The zero-order valence-corrected chi connectivity index (χ0v) is 22.4. The molecule has 0 amide bonds. The van der Waals surface area contributed by atoms with Crippen molar-refractivity contribution >= 4 is 15.9 Å². The van der Waals surface area contributed by atoms with E-state index in [1.165, 1.54) is 5.56 Å². The Bertz CT molecular complexity index is 1790. The Morgan fingerprint density at radius 1 is 0.513 bits per heavy atom. The highest BCUT2D eigenvalue weighted by Gasteiger charge is 2.13. The summed E-state index contributed by atoms with van der Waals surface area (Å²) >= 11 is 3.69. The third-order valence-corrected chi connectivity index (χ3v) is 6.95. The van der Waals surface area contributed by atoms with Crippen LogP contribution in [0.2, 0.25) is 0 Å². The Morgan fingerprint density at radius 2 is 1.08 bits per heavy atom. The van der Waals surface area contributed by atoms with Crippen molar-refractivity contribution in [3.63, 3.8) is 0 Å². The van der Waals surface area contributed by atoms with Crippen molar-refractivity contribution in [2.75, 3.05) is 0 Å². The van der Waals surface area contributed by atoms with E-state index >= 15 is 0 Å². The quantitative estimate of drug-likeness (QED) is 0.210. The molecular formula is C34H21BrN4. The van der Waals surface area contributed by atoms with Crippen LogP contribution in [0, 0.1) is 11.3 Å². The molecule has 2 aromatic heterocycles. The van der Waals surface area contributed by atoms with Crippen molar-refractivity contribution in [3.8, 4) is 62.2 Å². The number of hydrogen-bond acceptors (Lipinski definition) is 4. The van der Waals surface area contributed by atoms with Gasteiger partial charge in [-0.1, -0.05) is 70.5 Å². The molecule has 2 heterocycles. The summed E-state index contributed by atoms with van der Waals surface area (Å²) in [6.07, 6.45) is 3.58. The molecule has 184 valence electrons. The molecule has 4 aromatic carbocycles. The molecule has 0 saturated carbocycles. The van der Waals surface area contributed by atoms with Crippen LogP contribution in [0.1, 0.15) is 5.56 Å². The Morgan fingerprint density at radius 3 is 1.77 bits per heavy atom. The third kappa shape index (κ3) is 5.38. The van der Waals surface area contributed by atoms with E-state index in [-0.39, 0.29) is 0 Å². The predicted molar refractivity (Wildman–Crippen MR) is 159 cm³/mol. The van der Waals surface area contributed by atoms with Gasteiger partial charge >= 0.3 is 0 Å². The van der Waals surface area contributed by atoms with Gasteiger partial charge in [0.15, 0.2) is 5.82 Å². The number of benzene rings is 4. The second-order valence-electron chi connectivity index (χ2n) is 9.06. The van der Waals surface area contributed by atoms with Gasteiger partial charge in [-0.3, -0.25) is 4.98 Å². The molecular weight excluding hydrogens is 544 g/mol. The van der Waals surface area contributed by atoms with E-state index in [0.29, 0.717) is 11.4 Å². The van der Waals surface area contributed by atoms with Gasteiger partial charge in [-0.15, -0.1) is 0 Å². The SMILES string of the molecule is N#Cc1ccc(-c2nc(-c3ccc(-c4ccccc4)cc3)cc(-c3cc(Br)cc(-c4ccncc4)c3)n2)cc1. The van der Waals surface area contributed by atoms with Crippen LogP contribution in [-0.4, -0.2) is 15.0 Å².